The van der Waals surface area contributed by atoms with Gasteiger partial charge in [0.25, 0.3) is 10.0 Å². The maximum Gasteiger partial charge on any atom is 0.250 e. The highest BCUT2D eigenvalue weighted by Gasteiger charge is 2.34. The van der Waals surface area contributed by atoms with Crippen molar-refractivity contribution in [2.75, 3.05) is 41.0 Å². The molecule has 1 saturated heterocycles. The van der Waals surface area contributed by atoms with E-state index < -0.39 is 10.0 Å². The summed E-state index contributed by atoms with van der Waals surface area (Å²) in [5, 5.41) is 3.22. The lowest BCUT2D eigenvalue weighted by molar-refractivity contribution is 0.305. The third-order valence-electron chi connectivity index (χ3n) is 3.60. The van der Waals surface area contributed by atoms with Crippen LogP contribution in [0.15, 0.2) is 17.0 Å². The summed E-state index contributed by atoms with van der Waals surface area (Å²) >= 11 is 0. The Bertz CT molecular complexity index is 613. The van der Waals surface area contributed by atoms with E-state index in [1.54, 1.807) is 12.1 Å². The van der Waals surface area contributed by atoms with Crippen molar-refractivity contribution in [3.05, 3.63) is 12.1 Å². The number of hydrogen-bond acceptors (Lipinski definition) is 6. The van der Waals surface area contributed by atoms with E-state index in [0.29, 0.717) is 25.4 Å². The van der Waals surface area contributed by atoms with Crippen LogP contribution < -0.4 is 19.5 Å². The first kappa shape index (κ1) is 19.8. The summed E-state index contributed by atoms with van der Waals surface area (Å²) in [4.78, 5) is 0.0346. The zero-order chi connectivity index (χ0) is 16.3. The lowest BCUT2D eigenvalue weighted by Gasteiger charge is -2.31. The zero-order valence-electron chi connectivity index (χ0n) is 13.7. The van der Waals surface area contributed by atoms with E-state index in [1.807, 2.05) is 6.92 Å². The van der Waals surface area contributed by atoms with Gasteiger partial charge < -0.3 is 19.5 Å². The van der Waals surface area contributed by atoms with Crippen LogP contribution in [-0.4, -0.2) is 59.7 Å². The Kier molecular flexibility index (Phi) is 6.94. The monoisotopic (exact) mass is 366 g/mol. The van der Waals surface area contributed by atoms with Crippen LogP contribution in [0.1, 0.15) is 6.92 Å². The highest BCUT2D eigenvalue weighted by atomic mass is 35.5. The highest BCUT2D eigenvalue weighted by molar-refractivity contribution is 7.89. The molecule has 1 aliphatic heterocycles. The molecule has 0 radical (unpaired) electrons. The second kappa shape index (κ2) is 8.05. The largest absolute Gasteiger partial charge is 0.496 e. The maximum atomic E-state index is 13.0. The normalized spacial score (nSPS) is 18.9. The van der Waals surface area contributed by atoms with E-state index in [9.17, 15) is 8.42 Å². The minimum Gasteiger partial charge on any atom is -0.496 e. The van der Waals surface area contributed by atoms with E-state index >= 15 is 0 Å². The highest BCUT2D eigenvalue weighted by Crippen LogP contribution is 2.39. The van der Waals surface area contributed by atoms with Gasteiger partial charge in [-0.25, -0.2) is 8.42 Å². The Morgan fingerprint density at radius 3 is 2.13 bits per heavy atom. The van der Waals surface area contributed by atoms with Gasteiger partial charge in [0, 0.05) is 37.8 Å². The standard InChI is InChI=1S/C14H22N2O5S.ClH/c1-10-9-16(6-5-15-10)22(17,18)14-12(20-3)7-11(19-2)8-13(14)21-4;/h7-8,10,15H,5-6,9H2,1-4H3;1H/t10-;/m0./s1. The van der Waals surface area contributed by atoms with Gasteiger partial charge >= 0.3 is 0 Å². The summed E-state index contributed by atoms with van der Waals surface area (Å²) in [6.45, 7) is 3.37. The molecular formula is C14H23ClN2O5S. The first-order chi connectivity index (χ1) is 10.4. The summed E-state index contributed by atoms with van der Waals surface area (Å²) in [5.41, 5.74) is 0. The number of rotatable bonds is 5. The minimum absolute atomic E-state index is 0. The number of nitrogens with one attached hydrogen (secondary N) is 1. The van der Waals surface area contributed by atoms with Crippen LogP contribution >= 0.6 is 12.4 Å². The summed E-state index contributed by atoms with van der Waals surface area (Å²) in [7, 11) is 0.631. The molecule has 7 nitrogen and oxygen atoms in total. The zero-order valence-corrected chi connectivity index (χ0v) is 15.3. The van der Waals surface area contributed by atoms with E-state index in [0.717, 1.165) is 0 Å². The average molecular weight is 367 g/mol. The molecule has 9 heteroatoms. The van der Waals surface area contributed by atoms with Crippen molar-refractivity contribution in [2.24, 2.45) is 0 Å². The Morgan fingerprint density at radius 1 is 1.13 bits per heavy atom. The minimum atomic E-state index is -3.72. The molecule has 0 aromatic heterocycles. The third kappa shape index (κ3) is 4.00. The molecule has 1 N–H and O–H groups in total. The molecule has 0 spiro atoms. The van der Waals surface area contributed by atoms with Crippen molar-refractivity contribution < 1.29 is 22.6 Å². The summed E-state index contributed by atoms with van der Waals surface area (Å²) in [5.74, 6) is 0.895. The van der Waals surface area contributed by atoms with Gasteiger partial charge in [-0.05, 0) is 6.92 Å². The first-order valence-corrected chi connectivity index (χ1v) is 8.41. The maximum absolute atomic E-state index is 13.0. The van der Waals surface area contributed by atoms with Crippen LogP contribution in [0.25, 0.3) is 0 Å². The predicted octanol–water partition coefficient (Wildman–Crippen LogP) is 1.12. The topological polar surface area (TPSA) is 77.1 Å². The summed E-state index contributed by atoms with van der Waals surface area (Å²) < 4.78 is 43.1. The predicted molar refractivity (Wildman–Crippen MR) is 89.6 cm³/mol. The van der Waals surface area contributed by atoms with Crippen molar-refractivity contribution in [3.63, 3.8) is 0 Å². The number of ether oxygens (including phenoxy) is 3. The van der Waals surface area contributed by atoms with E-state index in [1.165, 1.54) is 25.6 Å². The Labute approximate surface area is 143 Å². The molecule has 1 aromatic carbocycles. The lowest BCUT2D eigenvalue weighted by atomic mass is 10.3. The van der Waals surface area contributed by atoms with E-state index in [2.05, 4.69) is 5.32 Å². The SMILES string of the molecule is COc1cc(OC)c(S(=O)(=O)N2CCN[C@@H](C)C2)c(OC)c1.Cl. The molecule has 0 unspecified atom stereocenters. The molecule has 1 fully saturated rings. The molecule has 1 aromatic rings. The van der Waals surface area contributed by atoms with Gasteiger partial charge in [-0.3, -0.25) is 0 Å². The van der Waals surface area contributed by atoms with E-state index in [-0.39, 0.29) is 34.8 Å². The fourth-order valence-corrected chi connectivity index (χ4v) is 4.27. The van der Waals surface area contributed by atoms with Crippen molar-refractivity contribution >= 4 is 22.4 Å². The van der Waals surface area contributed by atoms with Crippen LogP contribution in [0.4, 0.5) is 0 Å². The van der Waals surface area contributed by atoms with E-state index in [4.69, 9.17) is 14.2 Å². The second-order valence-electron chi connectivity index (χ2n) is 5.08. The molecular weight excluding hydrogens is 344 g/mol. The van der Waals surface area contributed by atoms with Crippen molar-refractivity contribution in [1.82, 2.24) is 9.62 Å². The number of sulfonamides is 1. The Morgan fingerprint density at radius 2 is 1.70 bits per heavy atom. The third-order valence-corrected chi connectivity index (χ3v) is 5.53. The first-order valence-electron chi connectivity index (χ1n) is 6.97. The summed E-state index contributed by atoms with van der Waals surface area (Å²) in [6.07, 6.45) is 0. The van der Waals surface area contributed by atoms with Crippen molar-refractivity contribution in [3.8, 4) is 17.2 Å². The van der Waals surface area contributed by atoms with Gasteiger partial charge in [-0.15, -0.1) is 12.4 Å². The molecule has 23 heavy (non-hydrogen) atoms. The molecule has 2 rings (SSSR count). The molecule has 1 atom stereocenters. The van der Waals surface area contributed by atoms with Crippen molar-refractivity contribution in [1.29, 1.82) is 0 Å². The Hall–Kier alpha value is -1.22. The van der Waals surface area contributed by atoms with Gasteiger partial charge in [0.05, 0.1) is 21.3 Å². The molecule has 0 aliphatic carbocycles. The number of piperazine rings is 1. The van der Waals surface area contributed by atoms with Gasteiger partial charge in [0.2, 0.25) is 0 Å². The molecule has 0 bridgehead atoms. The van der Waals surface area contributed by atoms with Gasteiger partial charge in [0.15, 0.2) is 4.90 Å². The number of halogens is 1. The molecule has 1 heterocycles. The molecule has 0 amide bonds. The van der Waals surface area contributed by atoms with Crippen LogP contribution in [-0.2, 0) is 10.0 Å². The summed E-state index contributed by atoms with van der Waals surface area (Å²) in [6, 6.07) is 3.18. The number of nitrogens with zero attached hydrogens (tertiary/aromatic N) is 1. The van der Waals surface area contributed by atoms with Gasteiger partial charge in [-0.2, -0.15) is 4.31 Å². The fraction of sp³-hybridized carbons (Fsp3) is 0.571. The van der Waals surface area contributed by atoms with Crippen LogP contribution in [0.2, 0.25) is 0 Å². The quantitative estimate of drug-likeness (QED) is 0.841. The van der Waals surface area contributed by atoms with Crippen molar-refractivity contribution in [2.45, 2.75) is 17.9 Å². The van der Waals surface area contributed by atoms with Crippen LogP contribution in [0.5, 0.6) is 17.2 Å². The number of hydrogen-bond donors (Lipinski definition) is 1. The second-order valence-corrected chi connectivity index (χ2v) is 6.95. The number of benzene rings is 1. The van der Waals surface area contributed by atoms with Gasteiger partial charge in [-0.1, -0.05) is 0 Å². The fourth-order valence-electron chi connectivity index (χ4n) is 2.47. The molecule has 132 valence electrons. The average Bonchev–Trinajstić information content (AvgIpc) is 2.53. The van der Waals surface area contributed by atoms with Crippen LogP contribution in [0, 0.1) is 0 Å². The molecule has 1 aliphatic rings. The smallest absolute Gasteiger partial charge is 0.250 e. The Balaban J connectivity index is 0.00000264. The van der Waals surface area contributed by atoms with Crippen LogP contribution in [0.3, 0.4) is 0 Å². The lowest BCUT2D eigenvalue weighted by Crippen LogP contribution is -2.51. The number of methoxy groups -OCH3 is 3. The van der Waals surface area contributed by atoms with Gasteiger partial charge in [0.1, 0.15) is 17.2 Å². The molecule has 0 saturated carbocycles.